The Labute approximate surface area is 192 Å². The number of esters is 1. The van der Waals surface area contributed by atoms with Crippen LogP contribution >= 0.6 is 0 Å². The van der Waals surface area contributed by atoms with Crippen molar-refractivity contribution >= 4 is 28.0 Å². The van der Waals surface area contributed by atoms with Crippen LogP contribution in [0, 0.1) is 0 Å². The molecule has 0 radical (unpaired) electrons. The molecule has 0 saturated carbocycles. The lowest BCUT2D eigenvalue weighted by Crippen LogP contribution is -2.50. The van der Waals surface area contributed by atoms with Gasteiger partial charge in [-0.3, -0.25) is 4.79 Å². The second-order valence-corrected chi connectivity index (χ2v) is 8.88. The molecule has 0 bridgehead atoms. The number of hydrogen-bond acceptors (Lipinski definition) is 8. The van der Waals surface area contributed by atoms with Crippen molar-refractivity contribution in [2.75, 3.05) is 47.0 Å². The largest absolute Gasteiger partial charge is 0.497 e. The zero-order valence-corrected chi connectivity index (χ0v) is 19.5. The molecule has 10 nitrogen and oxygen atoms in total. The number of methoxy groups -OCH3 is 2. The summed E-state index contributed by atoms with van der Waals surface area (Å²) in [4.78, 5) is 25.9. The van der Waals surface area contributed by atoms with Crippen LogP contribution in [0.4, 0.5) is 0 Å². The molecule has 0 N–H and O–H groups in total. The molecule has 0 unspecified atom stereocenters. The first-order valence-corrected chi connectivity index (χ1v) is 11.7. The number of amides is 1. The van der Waals surface area contributed by atoms with Gasteiger partial charge in [0.2, 0.25) is 16.8 Å². The predicted molar refractivity (Wildman–Crippen MR) is 119 cm³/mol. The van der Waals surface area contributed by atoms with Gasteiger partial charge in [0.1, 0.15) is 11.5 Å². The number of piperazine rings is 1. The van der Waals surface area contributed by atoms with Crippen LogP contribution in [-0.2, 0) is 19.6 Å². The molecule has 1 aromatic carbocycles. The Hall–Kier alpha value is -3.31. The molecule has 1 aliphatic rings. The van der Waals surface area contributed by atoms with Gasteiger partial charge in [-0.15, -0.1) is 0 Å². The van der Waals surface area contributed by atoms with Crippen molar-refractivity contribution < 1.29 is 36.6 Å². The zero-order valence-electron chi connectivity index (χ0n) is 18.6. The van der Waals surface area contributed by atoms with Gasteiger partial charge in [0.25, 0.3) is 10.0 Å². The Bertz CT molecular complexity index is 1130. The maximum absolute atomic E-state index is 12.8. The summed E-state index contributed by atoms with van der Waals surface area (Å²) in [5, 5.41) is -0.338. The first kappa shape index (κ1) is 24.3. The Morgan fingerprint density at radius 3 is 2.42 bits per heavy atom. The summed E-state index contributed by atoms with van der Waals surface area (Å²) in [6.07, 6.45) is 3.05. The van der Waals surface area contributed by atoms with Crippen molar-refractivity contribution in [3.8, 4) is 11.5 Å². The number of sulfonamides is 1. The number of rotatable bonds is 8. The highest BCUT2D eigenvalue weighted by Crippen LogP contribution is 2.25. The summed E-state index contributed by atoms with van der Waals surface area (Å²) in [6, 6.07) is 7.74. The summed E-state index contributed by atoms with van der Waals surface area (Å²) in [5.41, 5.74) is 0.682. The minimum absolute atomic E-state index is 0.0971. The van der Waals surface area contributed by atoms with E-state index in [0.717, 1.165) is 0 Å². The van der Waals surface area contributed by atoms with Gasteiger partial charge in [0.15, 0.2) is 0 Å². The third-order valence-electron chi connectivity index (χ3n) is 5.04. The summed E-state index contributed by atoms with van der Waals surface area (Å²) < 4.78 is 47.4. The van der Waals surface area contributed by atoms with E-state index < -0.39 is 16.0 Å². The van der Waals surface area contributed by atoms with Gasteiger partial charge >= 0.3 is 5.97 Å². The van der Waals surface area contributed by atoms with E-state index in [-0.39, 0.29) is 49.5 Å². The molecular weight excluding hydrogens is 452 g/mol. The highest BCUT2D eigenvalue weighted by molar-refractivity contribution is 7.89. The monoisotopic (exact) mass is 478 g/mol. The molecule has 0 spiro atoms. The van der Waals surface area contributed by atoms with Crippen LogP contribution in [0.25, 0.3) is 6.08 Å². The molecule has 11 heteroatoms. The first-order valence-electron chi connectivity index (χ1n) is 10.3. The molecule has 1 amide bonds. The molecule has 178 valence electrons. The van der Waals surface area contributed by atoms with Crippen LogP contribution in [0.2, 0.25) is 0 Å². The fourth-order valence-corrected chi connectivity index (χ4v) is 4.62. The van der Waals surface area contributed by atoms with Crippen molar-refractivity contribution in [2.45, 2.75) is 12.0 Å². The molecule has 2 heterocycles. The van der Waals surface area contributed by atoms with Crippen LogP contribution in [0.1, 0.15) is 23.0 Å². The van der Waals surface area contributed by atoms with E-state index in [2.05, 4.69) is 0 Å². The molecular formula is C22H26N2O8S. The summed E-state index contributed by atoms with van der Waals surface area (Å²) >= 11 is 0. The quantitative estimate of drug-likeness (QED) is 0.418. The fourth-order valence-electron chi connectivity index (χ4n) is 3.28. The second-order valence-electron chi connectivity index (χ2n) is 7.01. The lowest BCUT2D eigenvalue weighted by molar-refractivity contribution is -0.127. The van der Waals surface area contributed by atoms with E-state index in [1.54, 1.807) is 43.2 Å². The number of benzene rings is 1. The van der Waals surface area contributed by atoms with Crippen LogP contribution < -0.4 is 9.47 Å². The van der Waals surface area contributed by atoms with E-state index in [1.807, 2.05) is 0 Å². The van der Waals surface area contributed by atoms with Crippen molar-refractivity contribution in [1.82, 2.24) is 9.21 Å². The predicted octanol–water partition coefficient (Wildman–Crippen LogP) is 2.02. The average molecular weight is 479 g/mol. The number of carbonyl (C=O) groups excluding carboxylic acids is 2. The zero-order chi connectivity index (χ0) is 24.0. The molecule has 0 aliphatic carbocycles. The Morgan fingerprint density at radius 2 is 1.79 bits per heavy atom. The molecule has 1 aromatic heterocycles. The van der Waals surface area contributed by atoms with Crippen molar-refractivity contribution in [2.24, 2.45) is 0 Å². The number of ether oxygens (including phenoxy) is 3. The molecule has 1 aliphatic heterocycles. The van der Waals surface area contributed by atoms with Gasteiger partial charge in [0.05, 0.1) is 20.8 Å². The molecule has 2 aromatic rings. The number of hydrogen-bond donors (Lipinski definition) is 0. The second kappa shape index (κ2) is 10.5. The maximum Gasteiger partial charge on any atom is 0.374 e. The standard InChI is InChI=1S/C22H26N2O8S/c1-4-31-22(26)19-8-10-21(32-19)33(27,28)24-13-11-23(12-14-24)20(25)9-5-16-15-17(29-2)6-7-18(16)30-3/h5-10,15H,4,11-14H2,1-3H3. The van der Waals surface area contributed by atoms with Crippen LogP contribution in [0.15, 0.2) is 45.9 Å². The third-order valence-corrected chi connectivity index (χ3v) is 6.82. The van der Waals surface area contributed by atoms with Crippen LogP contribution in [0.5, 0.6) is 11.5 Å². The van der Waals surface area contributed by atoms with Gasteiger partial charge in [-0.25, -0.2) is 13.2 Å². The maximum atomic E-state index is 12.8. The van der Waals surface area contributed by atoms with Gasteiger partial charge in [-0.05, 0) is 43.3 Å². The highest BCUT2D eigenvalue weighted by atomic mass is 32.2. The van der Waals surface area contributed by atoms with E-state index >= 15 is 0 Å². The summed E-state index contributed by atoms with van der Waals surface area (Å²) in [6.45, 7) is 2.41. The molecule has 3 rings (SSSR count). The molecule has 1 saturated heterocycles. The third kappa shape index (κ3) is 5.55. The topological polar surface area (TPSA) is 116 Å². The van der Waals surface area contributed by atoms with E-state index in [0.29, 0.717) is 17.1 Å². The summed E-state index contributed by atoms with van der Waals surface area (Å²) in [5.74, 6) is 0.0674. The number of nitrogens with zero attached hydrogens (tertiary/aromatic N) is 2. The lowest BCUT2D eigenvalue weighted by Gasteiger charge is -2.32. The molecule has 0 atom stereocenters. The lowest BCUT2D eigenvalue weighted by atomic mass is 10.1. The fraction of sp³-hybridized carbons (Fsp3) is 0.364. The van der Waals surface area contributed by atoms with Crippen molar-refractivity contribution in [1.29, 1.82) is 0 Å². The smallest absolute Gasteiger partial charge is 0.374 e. The van der Waals surface area contributed by atoms with Gasteiger partial charge in [-0.2, -0.15) is 4.31 Å². The molecule has 33 heavy (non-hydrogen) atoms. The van der Waals surface area contributed by atoms with Crippen molar-refractivity contribution in [3.63, 3.8) is 0 Å². The minimum atomic E-state index is -3.94. The van der Waals surface area contributed by atoms with Gasteiger partial charge < -0.3 is 23.5 Å². The van der Waals surface area contributed by atoms with Crippen molar-refractivity contribution in [3.05, 3.63) is 47.7 Å². The first-order chi connectivity index (χ1) is 15.8. The Balaban J connectivity index is 1.63. The number of carbonyl (C=O) groups is 2. The number of furan rings is 1. The minimum Gasteiger partial charge on any atom is -0.497 e. The Morgan fingerprint density at radius 1 is 1.06 bits per heavy atom. The van der Waals surface area contributed by atoms with Gasteiger partial charge in [-0.1, -0.05) is 0 Å². The Kier molecular flexibility index (Phi) is 7.77. The van der Waals surface area contributed by atoms with E-state index in [1.165, 1.54) is 29.6 Å². The SMILES string of the molecule is CCOC(=O)c1ccc(S(=O)(=O)N2CCN(C(=O)C=Cc3cc(OC)ccc3OC)CC2)o1. The highest BCUT2D eigenvalue weighted by Gasteiger charge is 2.32. The van der Waals surface area contributed by atoms with E-state index in [9.17, 15) is 18.0 Å². The average Bonchev–Trinajstić information content (AvgIpc) is 3.34. The summed E-state index contributed by atoms with van der Waals surface area (Å²) in [7, 11) is -0.851. The van der Waals surface area contributed by atoms with Gasteiger partial charge in [0, 0.05) is 37.8 Å². The van der Waals surface area contributed by atoms with E-state index in [4.69, 9.17) is 18.6 Å². The van der Waals surface area contributed by atoms with Crippen LogP contribution in [0.3, 0.4) is 0 Å². The normalized spacial score (nSPS) is 14.9. The van der Waals surface area contributed by atoms with Crippen LogP contribution in [-0.4, -0.2) is 76.5 Å². The molecule has 1 fully saturated rings.